The lowest BCUT2D eigenvalue weighted by atomic mass is 10.1. The van der Waals surface area contributed by atoms with Gasteiger partial charge in [0.05, 0.1) is 17.7 Å². The number of hydrogen-bond acceptors (Lipinski definition) is 5. The summed E-state index contributed by atoms with van der Waals surface area (Å²) in [6, 6.07) is 20.0. The fraction of sp³-hybridized carbons (Fsp3) is 0.375. The van der Waals surface area contributed by atoms with Gasteiger partial charge in [-0.2, -0.15) is 0 Å². The Morgan fingerprint density at radius 1 is 0.951 bits per heavy atom. The number of nitrogens with one attached hydrogen (secondary N) is 1. The van der Waals surface area contributed by atoms with Crippen LogP contribution in [-0.4, -0.2) is 51.4 Å². The Morgan fingerprint density at radius 3 is 2.32 bits per heavy atom. The van der Waals surface area contributed by atoms with E-state index >= 15 is 0 Å². The highest BCUT2D eigenvalue weighted by Gasteiger charge is 2.34. The minimum atomic E-state index is -4.11. The molecule has 0 spiro atoms. The molecule has 0 aromatic heterocycles. The van der Waals surface area contributed by atoms with Gasteiger partial charge in [-0.3, -0.25) is 13.9 Å². The van der Waals surface area contributed by atoms with Crippen molar-refractivity contribution in [2.45, 2.75) is 64.4 Å². The number of amides is 2. The smallest absolute Gasteiger partial charge is 0.264 e. The highest BCUT2D eigenvalue weighted by atomic mass is 32.2. The van der Waals surface area contributed by atoms with Gasteiger partial charge in [0.25, 0.3) is 10.0 Å². The molecule has 0 heterocycles. The summed E-state index contributed by atoms with van der Waals surface area (Å²) in [7, 11) is -2.54. The number of nitrogens with zero attached hydrogens (tertiary/aromatic N) is 2. The number of rotatable bonds is 14. The highest BCUT2D eigenvalue weighted by Crippen LogP contribution is 2.28. The zero-order valence-electron chi connectivity index (χ0n) is 24.6. The van der Waals surface area contributed by atoms with E-state index in [2.05, 4.69) is 5.32 Å². The monoisotopic (exact) mass is 579 g/mol. The van der Waals surface area contributed by atoms with Crippen molar-refractivity contribution in [2.24, 2.45) is 0 Å². The number of aryl methyl sites for hydroxylation is 2. The second kappa shape index (κ2) is 14.7. The molecule has 3 aromatic rings. The molecule has 8 nitrogen and oxygen atoms in total. The maximum atomic E-state index is 14.2. The fourth-order valence-corrected chi connectivity index (χ4v) is 6.21. The van der Waals surface area contributed by atoms with E-state index in [1.165, 1.54) is 17.0 Å². The molecule has 0 aliphatic rings. The number of benzene rings is 3. The van der Waals surface area contributed by atoms with E-state index in [-0.39, 0.29) is 17.3 Å². The lowest BCUT2D eigenvalue weighted by Crippen LogP contribution is -2.52. The number of carbonyl (C=O) groups is 2. The van der Waals surface area contributed by atoms with E-state index in [1.54, 1.807) is 37.4 Å². The van der Waals surface area contributed by atoms with Crippen LogP contribution in [-0.2, 0) is 26.2 Å². The molecule has 0 aliphatic heterocycles. The lowest BCUT2D eigenvalue weighted by Gasteiger charge is -2.33. The molecule has 3 rings (SSSR count). The van der Waals surface area contributed by atoms with Crippen LogP contribution in [0.25, 0.3) is 0 Å². The summed E-state index contributed by atoms with van der Waals surface area (Å²) in [5, 5.41) is 2.95. The molecule has 1 N–H and O–H groups in total. The molecule has 9 heteroatoms. The summed E-state index contributed by atoms with van der Waals surface area (Å²) in [5.41, 5.74) is 2.88. The number of hydrogen-bond donors (Lipinski definition) is 1. The zero-order chi connectivity index (χ0) is 30.0. The number of ether oxygens (including phenoxy) is 1. The van der Waals surface area contributed by atoms with Crippen molar-refractivity contribution in [3.63, 3.8) is 0 Å². The van der Waals surface area contributed by atoms with Crippen LogP contribution in [0.2, 0.25) is 0 Å². The normalized spacial score (nSPS) is 11.9. The minimum absolute atomic E-state index is 0.0801. The summed E-state index contributed by atoms with van der Waals surface area (Å²) in [4.78, 5) is 29.1. The van der Waals surface area contributed by atoms with Gasteiger partial charge in [0.15, 0.2) is 0 Å². The Labute approximate surface area is 244 Å². The van der Waals surface area contributed by atoms with Gasteiger partial charge in [-0.25, -0.2) is 8.42 Å². The van der Waals surface area contributed by atoms with Crippen molar-refractivity contribution < 1.29 is 22.7 Å². The van der Waals surface area contributed by atoms with Crippen LogP contribution in [0.15, 0.2) is 77.7 Å². The summed E-state index contributed by atoms with van der Waals surface area (Å²) in [6.07, 6.45) is 2.11. The minimum Gasteiger partial charge on any atom is -0.497 e. The third-order valence-corrected chi connectivity index (χ3v) is 8.71. The number of anilines is 1. The first-order valence-corrected chi connectivity index (χ1v) is 15.4. The predicted molar refractivity (Wildman–Crippen MR) is 162 cm³/mol. The van der Waals surface area contributed by atoms with Crippen LogP contribution in [0.4, 0.5) is 5.69 Å². The SMILES string of the molecule is CCCCNC(=O)C(CC)N(Cc1cccc(OC)c1)C(=O)CN(c1ccc(C)cc1C)S(=O)(=O)c1ccccc1. The molecule has 0 aliphatic carbocycles. The molecule has 2 amide bonds. The van der Waals surface area contributed by atoms with E-state index in [0.29, 0.717) is 24.4 Å². The number of unbranched alkanes of at least 4 members (excludes halogenated alkanes) is 1. The van der Waals surface area contributed by atoms with E-state index in [4.69, 9.17) is 4.74 Å². The van der Waals surface area contributed by atoms with Crippen LogP contribution in [0.5, 0.6) is 5.75 Å². The average molecular weight is 580 g/mol. The van der Waals surface area contributed by atoms with Crippen molar-refractivity contribution in [1.82, 2.24) is 10.2 Å². The zero-order valence-corrected chi connectivity index (χ0v) is 25.4. The highest BCUT2D eigenvalue weighted by molar-refractivity contribution is 7.92. The van der Waals surface area contributed by atoms with E-state index < -0.39 is 28.5 Å². The summed E-state index contributed by atoms with van der Waals surface area (Å²) in [5.74, 6) is -0.120. The first-order chi connectivity index (χ1) is 19.6. The summed E-state index contributed by atoms with van der Waals surface area (Å²) < 4.78 is 34.5. The Balaban J connectivity index is 2.06. The first kappa shape index (κ1) is 31.7. The molecule has 0 bridgehead atoms. The third-order valence-electron chi connectivity index (χ3n) is 6.93. The van der Waals surface area contributed by atoms with Gasteiger partial charge >= 0.3 is 0 Å². The van der Waals surface area contributed by atoms with E-state index in [9.17, 15) is 18.0 Å². The molecule has 41 heavy (non-hydrogen) atoms. The maximum absolute atomic E-state index is 14.2. The van der Waals surface area contributed by atoms with E-state index in [1.807, 2.05) is 58.0 Å². The van der Waals surface area contributed by atoms with Crippen LogP contribution in [0, 0.1) is 13.8 Å². The third kappa shape index (κ3) is 8.10. The second-order valence-electron chi connectivity index (χ2n) is 10.1. The van der Waals surface area contributed by atoms with Crippen molar-refractivity contribution >= 4 is 27.5 Å². The Hall–Kier alpha value is -3.85. The van der Waals surface area contributed by atoms with Crippen LogP contribution < -0.4 is 14.4 Å². The molecular formula is C32H41N3O5S. The van der Waals surface area contributed by atoms with Crippen LogP contribution in [0.3, 0.4) is 0 Å². The van der Waals surface area contributed by atoms with Gasteiger partial charge in [-0.1, -0.05) is 68.3 Å². The van der Waals surface area contributed by atoms with Crippen molar-refractivity contribution in [3.8, 4) is 5.75 Å². The van der Waals surface area contributed by atoms with E-state index in [0.717, 1.165) is 33.8 Å². The molecule has 220 valence electrons. The fourth-order valence-electron chi connectivity index (χ4n) is 4.71. The molecule has 0 fully saturated rings. The maximum Gasteiger partial charge on any atom is 0.264 e. The van der Waals surface area contributed by atoms with Crippen molar-refractivity contribution in [1.29, 1.82) is 0 Å². The van der Waals surface area contributed by atoms with Crippen LogP contribution in [0.1, 0.15) is 49.8 Å². The Morgan fingerprint density at radius 2 is 1.68 bits per heavy atom. The van der Waals surface area contributed by atoms with Crippen molar-refractivity contribution in [3.05, 3.63) is 89.5 Å². The molecule has 0 radical (unpaired) electrons. The molecule has 0 saturated heterocycles. The van der Waals surface area contributed by atoms with Gasteiger partial charge in [0, 0.05) is 13.1 Å². The summed E-state index contributed by atoms with van der Waals surface area (Å²) >= 11 is 0. The molecule has 1 unspecified atom stereocenters. The predicted octanol–water partition coefficient (Wildman–Crippen LogP) is 5.23. The topological polar surface area (TPSA) is 96.0 Å². The number of carbonyl (C=O) groups excluding carboxylic acids is 2. The summed E-state index contributed by atoms with van der Waals surface area (Å²) in [6.45, 7) is 7.78. The Kier molecular flexibility index (Phi) is 11.3. The quantitative estimate of drug-likeness (QED) is 0.264. The van der Waals surface area contributed by atoms with Gasteiger partial charge < -0.3 is 15.0 Å². The average Bonchev–Trinajstić information content (AvgIpc) is 2.96. The lowest BCUT2D eigenvalue weighted by molar-refractivity contribution is -0.140. The second-order valence-corrected chi connectivity index (χ2v) is 11.9. The van der Waals surface area contributed by atoms with Crippen LogP contribution >= 0.6 is 0 Å². The van der Waals surface area contributed by atoms with Gasteiger partial charge in [-0.15, -0.1) is 0 Å². The van der Waals surface area contributed by atoms with Gasteiger partial charge in [-0.05, 0) is 68.1 Å². The Bertz CT molecular complexity index is 1430. The largest absolute Gasteiger partial charge is 0.497 e. The van der Waals surface area contributed by atoms with Gasteiger partial charge in [0.2, 0.25) is 11.8 Å². The molecule has 1 atom stereocenters. The molecular weight excluding hydrogens is 538 g/mol. The molecule has 0 saturated carbocycles. The standard InChI is InChI=1S/C32H41N3O5S/c1-6-8-19-33-32(37)29(7-2)34(22-26-13-12-14-27(21-26)40-5)31(36)23-35(30-18-17-24(3)20-25(30)4)41(38,39)28-15-10-9-11-16-28/h9-18,20-21,29H,6-8,19,22-23H2,1-5H3,(H,33,37). The first-order valence-electron chi connectivity index (χ1n) is 14.0. The number of sulfonamides is 1. The van der Waals surface area contributed by atoms with Gasteiger partial charge in [0.1, 0.15) is 18.3 Å². The molecule has 3 aromatic carbocycles. The van der Waals surface area contributed by atoms with Crippen molar-refractivity contribution in [2.75, 3.05) is 24.5 Å². The number of methoxy groups -OCH3 is 1.